The summed E-state index contributed by atoms with van der Waals surface area (Å²) in [6.45, 7) is 10.3. The zero-order chi connectivity index (χ0) is 17.9. The van der Waals surface area contributed by atoms with Crippen molar-refractivity contribution in [2.75, 3.05) is 31.1 Å². The lowest BCUT2D eigenvalue weighted by Gasteiger charge is -2.38. The van der Waals surface area contributed by atoms with Gasteiger partial charge in [-0.25, -0.2) is 4.79 Å². The molecule has 5 nitrogen and oxygen atoms in total. The quantitative estimate of drug-likeness (QED) is 0.928. The van der Waals surface area contributed by atoms with E-state index in [9.17, 15) is 4.79 Å². The predicted octanol–water partition coefficient (Wildman–Crippen LogP) is 3.61. The lowest BCUT2D eigenvalue weighted by molar-refractivity contribution is 0.193. The molecular formula is C20H27N3O2. The number of carbonyl (C=O) groups is 1. The second-order valence-corrected chi connectivity index (χ2v) is 7.48. The monoisotopic (exact) mass is 341 g/mol. The molecule has 1 aliphatic heterocycles. The number of rotatable bonds is 3. The molecule has 1 saturated heterocycles. The number of furan rings is 1. The van der Waals surface area contributed by atoms with Gasteiger partial charge in [0.1, 0.15) is 5.76 Å². The lowest BCUT2D eigenvalue weighted by Crippen LogP contribution is -2.52. The summed E-state index contributed by atoms with van der Waals surface area (Å²) < 4.78 is 5.25. The van der Waals surface area contributed by atoms with Crippen LogP contribution in [0.4, 0.5) is 10.5 Å². The summed E-state index contributed by atoms with van der Waals surface area (Å²) >= 11 is 0. The third kappa shape index (κ3) is 4.16. The van der Waals surface area contributed by atoms with Gasteiger partial charge < -0.3 is 19.5 Å². The van der Waals surface area contributed by atoms with Gasteiger partial charge in [-0.05, 0) is 29.2 Å². The number of nitrogens with one attached hydrogen (secondary N) is 1. The summed E-state index contributed by atoms with van der Waals surface area (Å²) in [5, 5.41) is 2.92. The van der Waals surface area contributed by atoms with E-state index in [4.69, 9.17) is 4.42 Å². The van der Waals surface area contributed by atoms with E-state index in [1.807, 2.05) is 17.0 Å². The highest BCUT2D eigenvalue weighted by atomic mass is 16.3. The van der Waals surface area contributed by atoms with Crippen LogP contribution in [0, 0.1) is 0 Å². The third-order valence-electron chi connectivity index (χ3n) is 4.61. The summed E-state index contributed by atoms with van der Waals surface area (Å²) in [5.74, 6) is 0.770. The van der Waals surface area contributed by atoms with E-state index in [0.717, 1.165) is 31.9 Å². The number of para-hydroxylation sites is 1. The van der Waals surface area contributed by atoms with Crippen molar-refractivity contribution in [2.24, 2.45) is 0 Å². The van der Waals surface area contributed by atoms with Crippen LogP contribution in [0.25, 0.3) is 0 Å². The Hall–Kier alpha value is -2.43. The first-order valence-corrected chi connectivity index (χ1v) is 8.85. The number of hydrogen-bond acceptors (Lipinski definition) is 3. The maximum atomic E-state index is 12.3. The standard InChI is InChI=1S/C20H27N3O2/c1-20(2,3)17-8-4-5-9-18(17)22-10-12-23(13-11-22)19(24)21-15-16-7-6-14-25-16/h4-9,14H,10-13,15H2,1-3H3,(H,21,24). The van der Waals surface area contributed by atoms with Gasteiger partial charge in [0.05, 0.1) is 12.8 Å². The maximum Gasteiger partial charge on any atom is 0.317 e. The summed E-state index contributed by atoms with van der Waals surface area (Å²) in [4.78, 5) is 16.6. The van der Waals surface area contributed by atoms with Gasteiger partial charge in [-0.15, -0.1) is 0 Å². The highest BCUT2D eigenvalue weighted by Gasteiger charge is 2.25. The Bertz CT molecular complexity index is 696. The van der Waals surface area contributed by atoms with Crippen molar-refractivity contribution in [3.05, 3.63) is 54.0 Å². The van der Waals surface area contributed by atoms with Crippen LogP contribution in [0.2, 0.25) is 0 Å². The van der Waals surface area contributed by atoms with Crippen LogP contribution in [-0.4, -0.2) is 37.1 Å². The van der Waals surface area contributed by atoms with Crippen molar-refractivity contribution in [1.82, 2.24) is 10.2 Å². The van der Waals surface area contributed by atoms with Crippen LogP contribution in [-0.2, 0) is 12.0 Å². The van der Waals surface area contributed by atoms with Gasteiger partial charge in [0.2, 0.25) is 0 Å². The number of carbonyl (C=O) groups excluding carboxylic acids is 1. The number of hydrogen-bond donors (Lipinski definition) is 1. The Balaban J connectivity index is 1.58. The molecule has 0 spiro atoms. The molecule has 1 fully saturated rings. The van der Waals surface area contributed by atoms with Crippen molar-refractivity contribution in [2.45, 2.75) is 32.7 Å². The van der Waals surface area contributed by atoms with Crippen LogP contribution in [0.5, 0.6) is 0 Å². The van der Waals surface area contributed by atoms with Gasteiger partial charge in [0.15, 0.2) is 0 Å². The van der Waals surface area contributed by atoms with Gasteiger partial charge >= 0.3 is 6.03 Å². The van der Waals surface area contributed by atoms with Crippen LogP contribution in [0.3, 0.4) is 0 Å². The van der Waals surface area contributed by atoms with E-state index >= 15 is 0 Å². The molecular weight excluding hydrogens is 314 g/mol. The molecule has 1 N–H and O–H groups in total. The topological polar surface area (TPSA) is 48.7 Å². The molecule has 25 heavy (non-hydrogen) atoms. The Labute approximate surface area is 149 Å². The van der Waals surface area contributed by atoms with E-state index in [0.29, 0.717) is 6.54 Å². The van der Waals surface area contributed by atoms with Gasteiger partial charge in [0.25, 0.3) is 0 Å². The molecule has 134 valence electrons. The number of urea groups is 1. The average Bonchev–Trinajstić information content (AvgIpc) is 3.13. The Kier molecular flexibility index (Phi) is 5.02. The first-order valence-electron chi connectivity index (χ1n) is 8.85. The van der Waals surface area contributed by atoms with E-state index in [2.05, 4.69) is 55.3 Å². The molecule has 0 aliphatic carbocycles. The molecule has 1 aromatic heterocycles. The number of anilines is 1. The van der Waals surface area contributed by atoms with Crippen molar-refractivity contribution in [1.29, 1.82) is 0 Å². The van der Waals surface area contributed by atoms with Crippen LogP contribution < -0.4 is 10.2 Å². The molecule has 2 amide bonds. The molecule has 2 heterocycles. The van der Waals surface area contributed by atoms with E-state index in [-0.39, 0.29) is 11.4 Å². The van der Waals surface area contributed by atoms with Crippen molar-refractivity contribution in [3.63, 3.8) is 0 Å². The van der Waals surface area contributed by atoms with Crippen molar-refractivity contribution in [3.8, 4) is 0 Å². The fourth-order valence-electron chi connectivity index (χ4n) is 3.22. The minimum Gasteiger partial charge on any atom is -0.467 e. The molecule has 2 aromatic rings. The molecule has 3 rings (SSSR count). The lowest BCUT2D eigenvalue weighted by atomic mass is 9.85. The summed E-state index contributed by atoms with van der Waals surface area (Å²) in [6, 6.07) is 12.2. The fourth-order valence-corrected chi connectivity index (χ4v) is 3.22. The number of nitrogens with zero attached hydrogens (tertiary/aromatic N) is 2. The van der Waals surface area contributed by atoms with E-state index < -0.39 is 0 Å². The molecule has 1 aliphatic rings. The highest BCUT2D eigenvalue weighted by molar-refractivity contribution is 5.74. The Morgan fingerprint density at radius 2 is 1.80 bits per heavy atom. The zero-order valence-corrected chi connectivity index (χ0v) is 15.3. The largest absolute Gasteiger partial charge is 0.467 e. The number of benzene rings is 1. The smallest absolute Gasteiger partial charge is 0.317 e. The SMILES string of the molecule is CC(C)(C)c1ccccc1N1CCN(C(=O)NCc2ccco2)CC1. The van der Waals surface area contributed by atoms with Gasteiger partial charge in [-0.1, -0.05) is 39.0 Å². The highest BCUT2D eigenvalue weighted by Crippen LogP contribution is 2.32. The van der Waals surface area contributed by atoms with Gasteiger partial charge in [-0.3, -0.25) is 0 Å². The molecule has 0 radical (unpaired) electrons. The predicted molar refractivity (Wildman–Crippen MR) is 99.9 cm³/mol. The Morgan fingerprint density at radius 3 is 2.44 bits per heavy atom. The van der Waals surface area contributed by atoms with E-state index in [1.165, 1.54) is 11.3 Å². The number of amides is 2. The molecule has 0 bridgehead atoms. The molecule has 0 atom stereocenters. The fraction of sp³-hybridized carbons (Fsp3) is 0.450. The molecule has 1 aromatic carbocycles. The Morgan fingerprint density at radius 1 is 1.08 bits per heavy atom. The second kappa shape index (κ2) is 7.21. The summed E-state index contributed by atoms with van der Waals surface area (Å²) in [7, 11) is 0. The minimum atomic E-state index is -0.0276. The van der Waals surface area contributed by atoms with E-state index in [1.54, 1.807) is 6.26 Å². The van der Waals surface area contributed by atoms with Crippen LogP contribution in [0.15, 0.2) is 47.1 Å². The molecule has 0 unspecified atom stereocenters. The summed E-state index contributed by atoms with van der Waals surface area (Å²) in [5.41, 5.74) is 2.74. The zero-order valence-electron chi connectivity index (χ0n) is 15.3. The minimum absolute atomic E-state index is 0.0276. The molecule has 0 saturated carbocycles. The summed E-state index contributed by atoms with van der Waals surface area (Å²) in [6.07, 6.45) is 1.62. The molecule has 5 heteroatoms. The maximum absolute atomic E-state index is 12.3. The first-order chi connectivity index (χ1) is 11.9. The number of piperazine rings is 1. The first kappa shape index (κ1) is 17.4. The third-order valence-corrected chi connectivity index (χ3v) is 4.61. The average molecular weight is 341 g/mol. The van der Waals surface area contributed by atoms with Crippen LogP contribution in [0.1, 0.15) is 32.1 Å². The van der Waals surface area contributed by atoms with Gasteiger partial charge in [0, 0.05) is 31.9 Å². The van der Waals surface area contributed by atoms with Gasteiger partial charge in [-0.2, -0.15) is 0 Å². The van der Waals surface area contributed by atoms with Crippen molar-refractivity contribution < 1.29 is 9.21 Å². The van der Waals surface area contributed by atoms with Crippen molar-refractivity contribution >= 4 is 11.7 Å². The van der Waals surface area contributed by atoms with Crippen LogP contribution >= 0.6 is 0 Å². The normalized spacial score (nSPS) is 15.3. The second-order valence-electron chi connectivity index (χ2n) is 7.48.